The molecule has 0 unspecified atom stereocenters. The summed E-state index contributed by atoms with van der Waals surface area (Å²) in [6.07, 6.45) is 3.23. The zero-order valence-corrected chi connectivity index (χ0v) is 14.6. The number of hydrogen-bond donors (Lipinski definition) is 1. The highest BCUT2D eigenvalue weighted by Gasteiger charge is 2.11. The van der Waals surface area contributed by atoms with Crippen molar-refractivity contribution in [3.63, 3.8) is 0 Å². The second-order valence-corrected chi connectivity index (χ2v) is 6.89. The van der Waals surface area contributed by atoms with Gasteiger partial charge < -0.3 is 5.32 Å². The van der Waals surface area contributed by atoms with Crippen LogP contribution in [0.4, 0.5) is 0 Å². The van der Waals surface area contributed by atoms with Gasteiger partial charge in [0.1, 0.15) is 0 Å². The molecule has 0 fully saturated rings. The Morgan fingerprint density at radius 1 is 1.16 bits per heavy atom. The van der Waals surface area contributed by atoms with E-state index in [0.717, 1.165) is 20.9 Å². The van der Waals surface area contributed by atoms with Crippen LogP contribution in [0.2, 0.25) is 5.02 Å². The van der Waals surface area contributed by atoms with Crippen molar-refractivity contribution in [2.75, 3.05) is 0 Å². The molecule has 0 saturated heterocycles. The second-order valence-electron chi connectivity index (χ2n) is 5.45. The van der Waals surface area contributed by atoms with E-state index >= 15 is 0 Å². The molecule has 0 atom stereocenters. The molecule has 0 aliphatic carbocycles. The molecule has 0 saturated carbocycles. The summed E-state index contributed by atoms with van der Waals surface area (Å²) in [4.78, 5) is 16.8. The lowest BCUT2D eigenvalue weighted by atomic mass is 10.2. The largest absolute Gasteiger partial charge is 0.348 e. The summed E-state index contributed by atoms with van der Waals surface area (Å²) in [6.45, 7) is 0.433. The summed E-state index contributed by atoms with van der Waals surface area (Å²) in [6, 6.07) is 15.3. The van der Waals surface area contributed by atoms with E-state index < -0.39 is 0 Å². The van der Waals surface area contributed by atoms with Gasteiger partial charge in [0.05, 0.1) is 22.0 Å². The average molecular weight is 369 g/mol. The van der Waals surface area contributed by atoms with Gasteiger partial charge in [-0.1, -0.05) is 47.2 Å². The van der Waals surface area contributed by atoms with Crippen LogP contribution in [-0.4, -0.2) is 20.7 Å². The van der Waals surface area contributed by atoms with Crippen LogP contribution >= 0.6 is 22.9 Å². The molecule has 1 amide bonds. The third-order valence-electron chi connectivity index (χ3n) is 3.69. The first-order chi connectivity index (χ1) is 12.2. The Morgan fingerprint density at radius 3 is 2.76 bits per heavy atom. The van der Waals surface area contributed by atoms with Crippen LogP contribution in [0.1, 0.15) is 15.9 Å². The normalized spacial score (nSPS) is 10.9. The van der Waals surface area contributed by atoms with Gasteiger partial charge >= 0.3 is 0 Å². The van der Waals surface area contributed by atoms with Crippen molar-refractivity contribution in [1.29, 1.82) is 0 Å². The first-order valence-electron chi connectivity index (χ1n) is 7.62. The molecule has 5 nitrogen and oxygen atoms in total. The van der Waals surface area contributed by atoms with E-state index in [1.807, 2.05) is 36.4 Å². The van der Waals surface area contributed by atoms with Gasteiger partial charge in [0.15, 0.2) is 0 Å². The molecule has 0 spiro atoms. The molecule has 7 heteroatoms. The topological polar surface area (TPSA) is 59.8 Å². The molecule has 2 aromatic carbocycles. The van der Waals surface area contributed by atoms with Gasteiger partial charge in [0.2, 0.25) is 5.13 Å². The first-order valence-corrected chi connectivity index (χ1v) is 8.82. The number of benzene rings is 2. The van der Waals surface area contributed by atoms with Crippen molar-refractivity contribution in [3.05, 3.63) is 77.1 Å². The fourth-order valence-electron chi connectivity index (χ4n) is 2.39. The first kappa shape index (κ1) is 15.8. The number of fused-ring (bicyclic) bond motifs is 1. The van der Waals surface area contributed by atoms with E-state index in [-0.39, 0.29) is 5.91 Å². The number of hydrogen-bond acceptors (Lipinski definition) is 4. The van der Waals surface area contributed by atoms with Crippen LogP contribution in [0.15, 0.2) is 60.9 Å². The van der Waals surface area contributed by atoms with Crippen LogP contribution in [0.3, 0.4) is 0 Å². The van der Waals surface area contributed by atoms with Crippen LogP contribution in [0.25, 0.3) is 15.3 Å². The highest BCUT2D eigenvalue weighted by Crippen LogP contribution is 2.24. The molecule has 1 N–H and O–H groups in total. The van der Waals surface area contributed by atoms with Gasteiger partial charge in [0.25, 0.3) is 5.91 Å². The van der Waals surface area contributed by atoms with Crippen molar-refractivity contribution in [1.82, 2.24) is 20.1 Å². The summed E-state index contributed by atoms with van der Waals surface area (Å²) >= 11 is 7.39. The average Bonchev–Trinajstić information content (AvgIpc) is 3.27. The number of para-hydroxylation sites is 1. The minimum atomic E-state index is -0.178. The summed E-state index contributed by atoms with van der Waals surface area (Å²) < 4.78 is 2.71. The minimum absolute atomic E-state index is 0.178. The second kappa shape index (κ2) is 6.66. The summed E-state index contributed by atoms with van der Waals surface area (Å²) in [5.41, 5.74) is 2.40. The van der Waals surface area contributed by atoms with Gasteiger partial charge in [-0.15, -0.1) is 0 Å². The monoisotopic (exact) mass is 368 g/mol. The molecule has 124 valence electrons. The van der Waals surface area contributed by atoms with Gasteiger partial charge in [-0.05, 0) is 29.8 Å². The maximum absolute atomic E-state index is 12.3. The Morgan fingerprint density at radius 2 is 1.96 bits per heavy atom. The zero-order valence-electron chi connectivity index (χ0n) is 13.0. The Balaban J connectivity index is 1.48. The summed E-state index contributed by atoms with van der Waals surface area (Å²) in [7, 11) is 0. The Kier molecular flexibility index (Phi) is 4.21. The van der Waals surface area contributed by atoms with Gasteiger partial charge in [0, 0.05) is 17.8 Å². The SMILES string of the molecule is O=C(NCc1ccc(Cl)cc1)c1cnn(-c2nc3ccccc3s2)c1. The molecule has 0 aliphatic rings. The smallest absolute Gasteiger partial charge is 0.254 e. The summed E-state index contributed by atoms with van der Waals surface area (Å²) in [5.74, 6) is -0.178. The lowest BCUT2D eigenvalue weighted by Gasteiger charge is -2.03. The number of carbonyl (C=O) groups is 1. The van der Waals surface area contributed by atoms with E-state index in [9.17, 15) is 4.79 Å². The molecule has 0 aliphatic heterocycles. The van der Waals surface area contributed by atoms with Crippen LogP contribution in [0, 0.1) is 0 Å². The van der Waals surface area contributed by atoms with Gasteiger partial charge in [-0.2, -0.15) is 5.10 Å². The van der Waals surface area contributed by atoms with E-state index in [4.69, 9.17) is 11.6 Å². The van der Waals surface area contributed by atoms with Crippen LogP contribution < -0.4 is 5.32 Å². The van der Waals surface area contributed by atoms with Crippen LogP contribution in [-0.2, 0) is 6.54 Å². The van der Waals surface area contributed by atoms with Crippen molar-refractivity contribution in [2.24, 2.45) is 0 Å². The van der Waals surface area contributed by atoms with E-state index in [1.165, 1.54) is 11.3 Å². The summed E-state index contributed by atoms with van der Waals surface area (Å²) in [5, 5.41) is 8.54. The van der Waals surface area contributed by atoms with E-state index in [2.05, 4.69) is 15.4 Å². The number of carbonyl (C=O) groups excluding carboxylic acids is 1. The number of nitrogens with one attached hydrogen (secondary N) is 1. The Labute approximate surface area is 152 Å². The molecule has 25 heavy (non-hydrogen) atoms. The molecular formula is C18H13ClN4OS. The van der Waals surface area contributed by atoms with Crippen molar-refractivity contribution < 1.29 is 4.79 Å². The van der Waals surface area contributed by atoms with Gasteiger partial charge in [-0.25, -0.2) is 9.67 Å². The predicted molar refractivity (Wildman–Crippen MR) is 99.4 cm³/mol. The van der Waals surface area contributed by atoms with Crippen molar-refractivity contribution >= 4 is 39.1 Å². The van der Waals surface area contributed by atoms with Crippen molar-refractivity contribution in [3.8, 4) is 5.13 Å². The van der Waals surface area contributed by atoms with E-state index in [1.54, 1.807) is 29.2 Å². The minimum Gasteiger partial charge on any atom is -0.348 e. The number of rotatable bonds is 4. The third-order valence-corrected chi connectivity index (χ3v) is 4.97. The van der Waals surface area contributed by atoms with Crippen molar-refractivity contribution in [2.45, 2.75) is 6.54 Å². The quantitative estimate of drug-likeness (QED) is 0.590. The number of thiazole rings is 1. The third kappa shape index (κ3) is 3.40. The molecule has 4 aromatic rings. The highest BCUT2D eigenvalue weighted by atomic mass is 35.5. The van der Waals surface area contributed by atoms with Crippen LogP contribution in [0.5, 0.6) is 0 Å². The number of halogens is 1. The predicted octanol–water partition coefficient (Wildman–Crippen LogP) is 4.07. The molecule has 2 heterocycles. The molecule has 0 bridgehead atoms. The maximum atomic E-state index is 12.3. The molecule has 4 rings (SSSR count). The highest BCUT2D eigenvalue weighted by molar-refractivity contribution is 7.20. The fourth-order valence-corrected chi connectivity index (χ4v) is 3.41. The molecule has 2 aromatic heterocycles. The molecule has 0 radical (unpaired) electrons. The number of aromatic nitrogens is 3. The fraction of sp³-hybridized carbons (Fsp3) is 0.0556. The molecular weight excluding hydrogens is 356 g/mol. The number of amides is 1. The lowest BCUT2D eigenvalue weighted by Crippen LogP contribution is -2.22. The van der Waals surface area contributed by atoms with E-state index in [0.29, 0.717) is 17.1 Å². The lowest BCUT2D eigenvalue weighted by molar-refractivity contribution is 0.0951. The van der Waals surface area contributed by atoms with Gasteiger partial charge in [-0.3, -0.25) is 4.79 Å². The Hall–Kier alpha value is -2.70. The standard InChI is InChI=1S/C18H13ClN4OS/c19-14-7-5-12(6-8-14)9-20-17(24)13-10-21-23(11-13)18-22-15-3-1-2-4-16(15)25-18/h1-8,10-11H,9H2,(H,20,24). The zero-order chi connectivity index (χ0) is 17.2. The number of nitrogens with zero attached hydrogens (tertiary/aromatic N) is 3. The maximum Gasteiger partial charge on any atom is 0.254 e. The Bertz CT molecular complexity index is 1010.